The number of benzene rings is 2. The normalized spacial score (nSPS) is 15.3. The third kappa shape index (κ3) is 9.71. The standard InChI is InChI=1S/C40H54N6O5/c1-39(2,3)51-38(50)46(6)40(4,5)37(49)43-33(22-27-24-41-31-18-12-10-16-29(27)31)36(48)45-34(23-28-25-42-32-19-13-11-17-30(28)32)44-35(47)21-20-26-14-8-7-9-15-26/h10-13,16-19,24-26,33-34,41-42H,7-9,14-15,20-23H2,1-6H3,(H,43,49)(H,44,47)(H,45,48)/t33-,34-/m1/s1. The van der Waals surface area contributed by atoms with E-state index in [0.29, 0.717) is 18.8 Å². The first-order valence-electron chi connectivity index (χ1n) is 18.2. The number of aromatic nitrogens is 2. The molecular formula is C40H54N6O5. The maximum Gasteiger partial charge on any atom is 0.410 e. The quantitative estimate of drug-likeness (QED) is 0.101. The third-order valence-corrected chi connectivity index (χ3v) is 10.0. The van der Waals surface area contributed by atoms with Gasteiger partial charge in [0.15, 0.2) is 0 Å². The number of nitrogens with one attached hydrogen (secondary N) is 5. The molecule has 51 heavy (non-hydrogen) atoms. The maximum absolute atomic E-state index is 14.3. The molecule has 5 N–H and O–H groups in total. The average Bonchev–Trinajstić information content (AvgIpc) is 3.70. The van der Waals surface area contributed by atoms with E-state index < -0.39 is 41.3 Å². The molecule has 0 spiro atoms. The van der Waals surface area contributed by atoms with Crippen LogP contribution in [0.5, 0.6) is 0 Å². The maximum atomic E-state index is 14.3. The van der Waals surface area contributed by atoms with Crippen LogP contribution in [0.2, 0.25) is 0 Å². The molecule has 2 heterocycles. The molecule has 274 valence electrons. The number of likely N-dealkylation sites (N-methyl/N-ethyl adjacent to an activating group) is 1. The molecule has 1 aliphatic carbocycles. The zero-order valence-corrected chi connectivity index (χ0v) is 30.9. The molecule has 1 fully saturated rings. The first kappa shape index (κ1) is 37.5. The van der Waals surface area contributed by atoms with E-state index >= 15 is 0 Å². The van der Waals surface area contributed by atoms with Gasteiger partial charge in [0.2, 0.25) is 17.7 Å². The summed E-state index contributed by atoms with van der Waals surface area (Å²) in [5.41, 5.74) is 1.54. The molecule has 1 aliphatic rings. The largest absolute Gasteiger partial charge is 0.444 e. The minimum Gasteiger partial charge on any atom is -0.444 e. The van der Waals surface area contributed by atoms with Crippen LogP contribution in [0.4, 0.5) is 4.79 Å². The van der Waals surface area contributed by atoms with Crippen LogP contribution >= 0.6 is 0 Å². The molecule has 2 atom stereocenters. The van der Waals surface area contributed by atoms with Gasteiger partial charge in [0, 0.05) is 60.5 Å². The molecule has 11 nitrogen and oxygen atoms in total. The van der Waals surface area contributed by atoms with Crippen LogP contribution in [0.15, 0.2) is 60.9 Å². The van der Waals surface area contributed by atoms with E-state index in [-0.39, 0.29) is 12.3 Å². The van der Waals surface area contributed by atoms with Crippen LogP contribution < -0.4 is 16.0 Å². The topological polar surface area (TPSA) is 148 Å². The SMILES string of the molecule is CN(C(=O)OC(C)(C)C)C(C)(C)C(=O)N[C@H](Cc1c[nH]c2ccccc12)C(=O)N[C@H](Cc1c[nH]c2ccccc12)NC(=O)CCC1CCCCC1. The highest BCUT2D eigenvalue weighted by Gasteiger charge is 2.39. The first-order valence-corrected chi connectivity index (χ1v) is 18.2. The van der Waals surface area contributed by atoms with Gasteiger partial charge in [0.25, 0.3) is 0 Å². The van der Waals surface area contributed by atoms with Gasteiger partial charge in [0.05, 0.1) is 0 Å². The number of carbonyl (C=O) groups is 4. The van der Waals surface area contributed by atoms with Gasteiger partial charge < -0.3 is 30.7 Å². The van der Waals surface area contributed by atoms with Crippen LogP contribution in [0.25, 0.3) is 21.8 Å². The van der Waals surface area contributed by atoms with Crippen molar-refractivity contribution >= 4 is 45.6 Å². The van der Waals surface area contributed by atoms with Gasteiger partial charge in [-0.2, -0.15) is 0 Å². The minimum atomic E-state index is -1.36. The Morgan fingerprint density at radius 3 is 1.96 bits per heavy atom. The summed E-state index contributed by atoms with van der Waals surface area (Å²) < 4.78 is 5.53. The van der Waals surface area contributed by atoms with Crippen molar-refractivity contribution in [1.29, 1.82) is 0 Å². The van der Waals surface area contributed by atoms with Crippen molar-refractivity contribution in [3.63, 3.8) is 0 Å². The fraction of sp³-hybridized carbons (Fsp3) is 0.500. The summed E-state index contributed by atoms with van der Waals surface area (Å²) in [7, 11) is 1.50. The molecule has 11 heteroatoms. The van der Waals surface area contributed by atoms with Crippen LogP contribution in [0, 0.1) is 5.92 Å². The second-order valence-electron chi connectivity index (χ2n) is 15.4. The number of ether oxygens (including phenoxy) is 1. The Bertz CT molecular complexity index is 1830. The van der Waals surface area contributed by atoms with Crippen LogP contribution in [-0.4, -0.2) is 69.1 Å². The predicted molar refractivity (Wildman–Crippen MR) is 200 cm³/mol. The van der Waals surface area contributed by atoms with Crippen molar-refractivity contribution in [3.05, 3.63) is 72.1 Å². The summed E-state index contributed by atoms with van der Waals surface area (Å²) in [5, 5.41) is 11.0. The Balaban J connectivity index is 1.39. The lowest BCUT2D eigenvalue weighted by molar-refractivity contribution is -0.135. The summed E-state index contributed by atoms with van der Waals surface area (Å²) in [5.74, 6) is -0.561. The Kier molecular flexibility index (Phi) is 11.8. The van der Waals surface area contributed by atoms with Gasteiger partial charge in [-0.05, 0) is 70.2 Å². The number of rotatable bonds is 13. The Morgan fingerprint density at radius 2 is 1.37 bits per heavy atom. The molecule has 2 aromatic carbocycles. The van der Waals surface area contributed by atoms with Crippen LogP contribution in [0.1, 0.15) is 90.7 Å². The number of aromatic amines is 2. The average molecular weight is 699 g/mol. The number of nitrogens with zero attached hydrogens (tertiary/aromatic N) is 1. The summed E-state index contributed by atoms with van der Waals surface area (Å²) in [4.78, 5) is 62.5. The highest BCUT2D eigenvalue weighted by Crippen LogP contribution is 2.27. The van der Waals surface area contributed by atoms with Crippen molar-refractivity contribution in [2.75, 3.05) is 7.05 Å². The minimum absolute atomic E-state index is 0.122. The van der Waals surface area contributed by atoms with E-state index in [4.69, 9.17) is 4.74 Å². The number of carbonyl (C=O) groups excluding carboxylic acids is 4. The fourth-order valence-electron chi connectivity index (χ4n) is 6.78. The van der Waals surface area contributed by atoms with E-state index in [1.807, 2.05) is 60.9 Å². The van der Waals surface area contributed by atoms with Crippen molar-refractivity contribution in [3.8, 4) is 0 Å². The fourth-order valence-corrected chi connectivity index (χ4v) is 6.78. The Labute approximate surface area is 300 Å². The lowest BCUT2D eigenvalue weighted by Crippen LogP contribution is -2.61. The smallest absolute Gasteiger partial charge is 0.410 e. The van der Waals surface area contributed by atoms with Crippen LogP contribution in [-0.2, 0) is 32.0 Å². The van der Waals surface area contributed by atoms with Crippen molar-refractivity contribution in [1.82, 2.24) is 30.8 Å². The molecule has 0 unspecified atom stereocenters. The van der Waals surface area contributed by atoms with Gasteiger partial charge in [-0.15, -0.1) is 0 Å². The van der Waals surface area contributed by atoms with E-state index in [0.717, 1.165) is 52.2 Å². The Hall–Kier alpha value is -4.80. The molecule has 4 amide bonds. The molecule has 0 bridgehead atoms. The zero-order chi connectivity index (χ0) is 36.8. The van der Waals surface area contributed by atoms with E-state index in [1.54, 1.807) is 34.6 Å². The highest BCUT2D eigenvalue weighted by molar-refractivity contribution is 5.94. The third-order valence-electron chi connectivity index (χ3n) is 10.0. The lowest BCUT2D eigenvalue weighted by Gasteiger charge is -2.36. The summed E-state index contributed by atoms with van der Waals surface area (Å²) >= 11 is 0. The summed E-state index contributed by atoms with van der Waals surface area (Å²) in [6.07, 6.45) is 10.0. The number of fused-ring (bicyclic) bond motifs is 2. The summed E-state index contributed by atoms with van der Waals surface area (Å²) in [6, 6.07) is 14.6. The van der Waals surface area contributed by atoms with Crippen molar-refractivity contribution in [2.24, 2.45) is 5.92 Å². The van der Waals surface area contributed by atoms with Crippen molar-refractivity contribution in [2.45, 2.75) is 116 Å². The van der Waals surface area contributed by atoms with E-state index in [1.165, 1.54) is 31.2 Å². The first-order chi connectivity index (χ1) is 24.2. The second kappa shape index (κ2) is 16.0. The number of H-pyrrole nitrogens is 2. The van der Waals surface area contributed by atoms with Gasteiger partial charge in [-0.3, -0.25) is 19.3 Å². The zero-order valence-electron chi connectivity index (χ0n) is 30.9. The van der Waals surface area contributed by atoms with Gasteiger partial charge in [-0.25, -0.2) is 4.79 Å². The van der Waals surface area contributed by atoms with Gasteiger partial charge in [0.1, 0.15) is 23.3 Å². The lowest BCUT2D eigenvalue weighted by atomic mass is 9.86. The van der Waals surface area contributed by atoms with E-state index in [2.05, 4.69) is 25.9 Å². The highest BCUT2D eigenvalue weighted by atomic mass is 16.6. The Morgan fingerprint density at radius 1 is 0.804 bits per heavy atom. The number of hydrogen-bond donors (Lipinski definition) is 5. The second-order valence-corrected chi connectivity index (χ2v) is 15.4. The van der Waals surface area contributed by atoms with Gasteiger partial charge >= 0.3 is 6.09 Å². The molecular weight excluding hydrogens is 644 g/mol. The predicted octanol–water partition coefficient (Wildman–Crippen LogP) is 6.48. The molecule has 2 aromatic heterocycles. The number of amides is 4. The summed E-state index contributed by atoms with van der Waals surface area (Å²) in [6.45, 7) is 8.50. The van der Waals surface area contributed by atoms with E-state index in [9.17, 15) is 19.2 Å². The molecule has 0 radical (unpaired) electrons. The molecule has 4 aromatic rings. The molecule has 0 saturated heterocycles. The van der Waals surface area contributed by atoms with Gasteiger partial charge in [-0.1, -0.05) is 68.5 Å². The molecule has 1 saturated carbocycles. The number of para-hydroxylation sites is 2. The van der Waals surface area contributed by atoms with Crippen molar-refractivity contribution < 1.29 is 23.9 Å². The van der Waals surface area contributed by atoms with Crippen LogP contribution in [0.3, 0.4) is 0 Å². The number of hydrogen-bond acceptors (Lipinski definition) is 5. The molecule has 0 aliphatic heterocycles. The molecule has 5 rings (SSSR count). The monoisotopic (exact) mass is 698 g/mol.